The molecule has 10 nitrogen and oxygen atoms in total. The summed E-state index contributed by atoms with van der Waals surface area (Å²) in [6.07, 6.45) is 7.30. The first-order valence-corrected chi connectivity index (χ1v) is 13.8. The number of amides is 3. The summed E-state index contributed by atoms with van der Waals surface area (Å²) in [5.41, 5.74) is 6.29. The lowest BCUT2D eigenvalue weighted by atomic mass is 10.1. The monoisotopic (exact) mass is 538 g/mol. The molecule has 0 fully saturated rings. The van der Waals surface area contributed by atoms with Crippen LogP contribution in [-0.2, 0) is 20.9 Å². The van der Waals surface area contributed by atoms with Crippen molar-refractivity contribution in [3.63, 3.8) is 0 Å². The Morgan fingerprint density at radius 1 is 0.816 bits per heavy atom. The van der Waals surface area contributed by atoms with E-state index in [-0.39, 0.29) is 43.7 Å². The van der Waals surface area contributed by atoms with Gasteiger partial charge in [-0.25, -0.2) is 4.79 Å². The van der Waals surface area contributed by atoms with Gasteiger partial charge in [-0.05, 0) is 50.6 Å². The minimum Gasteiger partial charge on any atom is -0.445 e. The summed E-state index contributed by atoms with van der Waals surface area (Å²) in [7, 11) is 0. The van der Waals surface area contributed by atoms with Crippen LogP contribution in [-0.4, -0.2) is 66.5 Å². The van der Waals surface area contributed by atoms with E-state index in [0.717, 1.165) is 56.9 Å². The van der Waals surface area contributed by atoms with Gasteiger partial charge in [0.05, 0.1) is 25.3 Å². The lowest BCUT2D eigenvalue weighted by Crippen LogP contribution is -2.36. The number of hydrogen-bond acceptors (Lipinski definition) is 7. The molecule has 0 aliphatic carbocycles. The highest BCUT2D eigenvalue weighted by Crippen LogP contribution is 2.03. The van der Waals surface area contributed by atoms with Gasteiger partial charge < -0.3 is 36.6 Å². The minimum atomic E-state index is -0.426. The van der Waals surface area contributed by atoms with Crippen LogP contribution in [0.15, 0.2) is 30.3 Å². The molecular formula is C28H50N4O6. The van der Waals surface area contributed by atoms with E-state index >= 15 is 0 Å². The number of benzene rings is 1. The molecule has 38 heavy (non-hydrogen) atoms. The van der Waals surface area contributed by atoms with Gasteiger partial charge in [0, 0.05) is 19.4 Å². The van der Waals surface area contributed by atoms with Gasteiger partial charge in [0.15, 0.2) is 0 Å². The highest BCUT2D eigenvalue weighted by molar-refractivity contribution is 5.76. The quantitative estimate of drug-likeness (QED) is 0.147. The maximum Gasteiger partial charge on any atom is 0.407 e. The van der Waals surface area contributed by atoms with Crippen LogP contribution in [0.2, 0.25) is 0 Å². The molecule has 1 aromatic carbocycles. The molecule has 1 aromatic rings. The predicted molar refractivity (Wildman–Crippen MR) is 149 cm³/mol. The zero-order valence-electron chi connectivity index (χ0n) is 23.3. The molecule has 0 aliphatic heterocycles. The fraction of sp³-hybridized carbons (Fsp3) is 0.679. The number of aliphatic hydroxyl groups is 2. The topological polar surface area (TPSA) is 163 Å². The fourth-order valence-corrected chi connectivity index (χ4v) is 3.31. The summed E-state index contributed by atoms with van der Waals surface area (Å²) in [6.45, 7) is 5.33. The van der Waals surface area contributed by atoms with E-state index in [4.69, 9.17) is 20.7 Å². The smallest absolute Gasteiger partial charge is 0.407 e. The first-order chi connectivity index (χ1) is 18.4. The third kappa shape index (κ3) is 20.4. The maximum absolute atomic E-state index is 11.6. The van der Waals surface area contributed by atoms with Crippen molar-refractivity contribution < 1.29 is 29.3 Å². The molecule has 2 unspecified atom stereocenters. The van der Waals surface area contributed by atoms with E-state index in [0.29, 0.717) is 25.9 Å². The average Bonchev–Trinajstić information content (AvgIpc) is 2.94. The lowest BCUT2D eigenvalue weighted by molar-refractivity contribution is -0.123. The van der Waals surface area contributed by atoms with Gasteiger partial charge in [-0.1, -0.05) is 57.0 Å². The van der Waals surface area contributed by atoms with Crippen LogP contribution in [0.3, 0.4) is 0 Å². The van der Waals surface area contributed by atoms with E-state index in [9.17, 15) is 14.4 Å². The molecule has 0 saturated carbocycles. The van der Waals surface area contributed by atoms with E-state index in [1.54, 1.807) is 0 Å². The number of aliphatic hydroxyl groups excluding tert-OH is 2. The molecule has 0 aromatic heterocycles. The van der Waals surface area contributed by atoms with E-state index in [1.165, 1.54) is 0 Å². The molecule has 1 rings (SSSR count). The third-order valence-electron chi connectivity index (χ3n) is 5.83. The van der Waals surface area contributed by atoms with Gasteiger partial charge >= 0.3 is 6.09 Å². The molecular weight excluding hydrogens is 488 g/mol. The van der Waals surface area contributed by atoms with Crippen LogP contribution in [0.25, 0.3) is 0 Å². The third-order valence-corrected chi connectivity index (χ3v) is 5.83. The SMILES string of the molecule is CCC(CO)NC(=O)CCCCCN.CCC(CO)NC(=O)CCCCCNC(=O)OCc1ccccc1. The summed E-state index contributed by atoms with van der Waals surface area (Å²) in [4.78, 5) is 34.4. The molecule has 7 N–H and O–H groups in total. The molecule has 0 bridgehead atoms. The molecule has 0 aliphatic rings. The van der Waals surface area contributed by atoms with Gasteiger partial charge in [0.1, 0.15) is 6.61 Å². The molecule has 0 heterocycles. The number of hydrogen-bond donors (Lipinski definition) is 6. The van der Waals surface area contributed by atoms with Crippen LogP contribution < -0.4 is 21.7 Å². The van der Waals surface area contributed by atoms with E-state index < -0.39 is 6.09 Å². The summed E-state index contributed by atoms with van der Waals surface area (Å²) < 4.78 is 5.10. The maximum atomic E-state index is 11.6. The molecule has 10 heteroatoms. The van der Waals surface area contributed by atoms with Crippen molar-refractivity contribution in [2.45, 2.75) is 96.7 Å². The number of carbonyl (C=O) groups is 3. The van der Waals surface area contributed by atoms with Crippen molar-refractivity contribution in [3.05, 3.63) is 35.9 Å². The van der Waals surface area contributed by atoms with E-state index in [1.807, 2.05) is 44.2 Å². The Morgan fingerprint density at radius 3 is 1.82 bits per heavy atom. The zero-order valence-corrected chi connectivity index (χ0v) is 23.3. The number of nitrogens with two attached hydrogens (primary N) is 1. The first-order valence-electron chi connectivity index (χ1n) is 13.8. The second-order valence-electron chi connectivity index (χ2n) is 9.11. The Balaban J connectivity index is 0.000000835. The van der Waals surface area contributed by atoms with Crippen LogP contribution >= 0.6 is 0 Å². The Hall–Kier alpha value is -2.69. The van der Waals surface area contributed by atoms with Crippen molar-refractivity contribution in [2.75, 3.05) is 26.3 Å². The molecule has 0 saturated heterocycles. The Bertz CT molecular complexity index is 727. The van der Waals surface area contributed by atoms with Gasteiger partial charge in [0.25, 0.3) is 0 Å². The summed E-state index contributed by atoms with van der Waals surface area (Å²) >= 11 is 0. The van der Waals surface area contributed by atoms with Gasteiger partial charge in [0.2, 0.25) is 11.8 Å². The zero-order chi connectivity index (χ0) is 28.4. The largest absolute Gasteiger partial charge is 0.445 e. The first kappa shape index (κ1) is 35.3. The van der Waals surface area contributed by atoms with Crippen molar-refractivity contribution in [3.8, 4) is 0 Å². The normalized spacial score (nSPS) is 11.9. The number of rotatable bonds is 19. The van der Waals surface area contributed by atoms with Crippen LogP contribution in [0.4, 0.5) is 4.79 Å². The molecule has 218 valence electrons. The van der Waals surface area contributed by atoms with Crippen molar-refractivity contribution >= 4 is 17.9 Å². The minimum absolute atomic E-state index is 0.0189. The standard InChI is InChI=1S/C18H28N2O4.C10H22N2O2/c1-2-16(13-21)20-17(22)11-7-4-8-12-19-18(23)24-14-15-9-5-3-6-10-15;1-2-9(8-13)12-10(14)6-4-3-5-7-11/h3,5-6,9-10,16,21H,2,4,7-8,11-14H2,1H3,(H,19,23)(H,20,22);9,13H,2-8,11H2,1H3,(H,12,14). The second-order valence-corrected chi connectivity index (χ2v) is 9.11. The number of carbonyl (C=O) groups excluding carboxylic acids is 3. The molecule has 3 amide bonds. The average molecular weight is 539 g/mol. The van der Waals surface area contributed by atoms with Crippen LogP contribution in [0.1, 0.15) is 83.6 Å². The highest BCUT2D eigenvalue weighted by atomic mass is 16.5. The van der Waals surface area contributed by atoms with Gasteiger partial charge in [-0.3, -0.25) is 9.59 Å². The molecule has 2 atom stereocenters. The molecule has 0 radical (unpaired) electrons. The van der Waals surface area contributed by atoms with E-state index in [2.05, 4.69) is 16.0 Å². The van der Waals surface area contributed by atoms with Crippen LogP contribution in [0, 0.1) is 0 Å². The fourth-order valence-electron chi connectivity index (χ4n) is 3.31. The van der Waals surface area contributed by atoms with Crippen molar-refractivity contribution in [1.82, 2.24) is 16.0 Å². The van der Waals surface area contributed by atoms with Crippen molar-refractivity contribution in [2.24, 2.45) is 5.73 Å². The molecule has 0 spiro atoms. The summed E-state index contributed by atoms with van der Waals surface area (Å²) in [6, 6.07) is 9.27. The highest BCUT2D eigenvalue weighted by Gasteiger charge is 2.09. The number of alkyl carbamates (subject to hydrolysis) is 1. The summed E-state index contributed by atoms with van der Waals surface area (Å²) in [5, 5.41) is 26.1. The summed E-state index contributed by atoms with van der Waals surface area (Å²) in [5.74, 6) is -0.00551. The second kappa shape index (κ2) is 24.6. The Kier molecular flexibility index (Phi) is 22.9. The number of ether oxygens (including phenoxy) is 1. The Morgan fingerprint density at radius 2 is 1.34 bits per heavy atom. The van der Waals surface area contributed by atoms with Crippen LogP contribution in [0.5, 0.6) is 0 Å². The van der Waals surface area contributed by atoms with Gasteiger partial charge in [-0.15, -0.1) is 0 Å². The number of unbranched alkanes of at least 4 members (excludes halogenated alkanes) is 4. The number of nitrogens with one attached hydrogen (secondary N) is 3. The van der Waals surface area contributed by atoms with Crippen molar-refractivity contribution in [1.29, 1.82) is 0 Å². The Labute approximate surface area is 228 Å². The van der Waals surface area contributed by atoms with Gasteiger partial charge in [-0.2, -0.15) is 0 Å². The predicted octanol–water partition coefficient (Wildman–Crippen LogP) is 2.75. The lowest BCUT2D eigenvalue weighted by Gasteiger charge is -2.13.